The Labute approximate surface area is 132 Å². The van der Waals surface area contributed by atoms with Gasteiger partial charge in [-0.1, -0.05) is 11.8 Å². The molecule has 0 fully saturated rings. The summed E-state index contributed by atoms with van der Waals surface area (Å²) in [7, 11) is 0. The molecule has 0 radical (unpaired) electrons. The number of aromatic nitrogens is 5. The van der Waals surface area contributed by atoms with Crippen LogP contribution in [0.4, 0.5) is 5.82 Å². The van der Waals surface area contributed by atoms with Crippen LogP contribution in [0.1, 0.15) is 0 Å². The number of aromatic amines is 1. The molecule has 3 rings (SSSR count). The first-order chi connectivity index (χ1) is 10.2. The highest BCUT2D eigenvalue weighted by Gasteiger charge is 2.09. The zero-order valence-corrected chi connectivity index (χ0v) is 13.0. The van der Waals surface area contributed by atoms with Crippen molar-refractivity contribution in [3.8, 4) is 0 Å². The maximum Gasteiger partial charge on any atom is 0.235 e. The van der Waals surface area contributed by atoms with Gasteiger partial charge in [0.05, 0.1) is 12.1 Å². The van der Waals surface area contributed by atoms with Gasteiger partial charge < -0.3 is 10.3 Å². The number of hydrogen-bond acceptors (Lipinski definition) is 6. The Morgan fingerprint density at radius 2 is 2.19 bits per heavy atom. The fourth-order valence-corrected chi connectivity index (χ4v) is 2.61. The van der Waals surface area contributed by atoms with E-state index in [2.05, 4.69) is 46.2 Å². The minimum Gasteiger partial charge on any atom is -0.341 e. The molecule has 0 aliphatic rings. The van der Waals surface area contributed by atoms with E-state index in [0.717, 1.165) is 9.99 Å². The number of carbonyl (C=O) groups is 1. The summed E-state index contributed by atoms with van der Waals surface area (Å²) in [6.45, 7) is 0. The van der Waals surface area contributed by atoms with E-state index in [1.165, 1.54) is 18.1 Å². The van der Waals surface area contributed by atoms with Gasteiger partial charge in [-0.05, 0) is 28.1 Å². The van der Waals surface area contributed by atoms with Crippen LogP contribution in [0, 0.1) is 0 Å². The Kier molecular flexibility index (Phi) is 4.11. The van der Waals surface area contributed by atoms with Gasteiger partial charge >= 0.3 is 0 Å². The molecule has 3 aromatic rings. The van der Waals surface area contributed by atoms with Crippen molar-refractivity contribution >= 4 is 50.6 Å². The Morgan fingerprint density at radius 3 is 3.00 bits per heavy atom. The molecule has 0 saturated heterocycles. The van der Waals surface area contributed by atoms with E-state index in [1.54, 1.807) is 18.6 Å². The third-order valence-corrected chi connectivity index (χ3v) is 3.98. The van der Waals surface area contributed by atoms with Crippen molar-refractivity contribution in [1.82, 2.24) is 24.9 Å². The molecule has 106 valence electrons. The van der Waals surface area contributed by atoms with Gasteiger partial charge in [0.1, 0.15) is 22.7 Å². The SMILES string of the molecule is O=C(CSc1ncnc2nc[nH]c12)Nc1ccc(Br)cn1. The number of anilines is 1. The van der Waals surface area contributed by atoms with Gasteiger partial charge in [0.25, 0.3) is 0 Å². The summed E-state index contributed by atoms with van der Waals surface area (Å²) in [5, 5.41) is 3.41. The lowest BCUT2D eigenvalue weighted by Crippen LogP contribution is -2.15. The molecule has 2 N–H and O–H groups in total. The maximum absolute atomic E-state index is 11.9. The number of carbonyl (C=O) groups excluding carboxylic acids is 1. The minimum atomic E-state index is -0.152. The number of halogens is 1. The average Bonchev–Trinajstić information content (AvgIpc) is 2.96. The second-order valence-corrected chi connectivity index (χ2v) is 5.86. The maximum atomic E-state index is 11.9. The summed E-state index contributed by atoms with van der Waals surface area (Å²) >= 11 is 4.60. The Hall–Kier alpha value is -2.00. The predicted molar refractivity (Wildman–Crippen MR) is 83.0 cm³/mol. The van der Waals surface area contributed by atoms with E-state index in [-0.39, 0.29) is 11.7 Å². The van der Waals surface area contributed by atoms with Crippen molar-refractivity contribution in [2.75, 3.05) is 11.1 Å². The predicted octanol–water partition coefficient (Wildman–Crippen LogP) is 2.24. The smallest absolute Gasteiger partial charge is 0.235 e. The van der Waals surface area contributed by atoms with Crippen molar-refractivity contribution in [3.63, 3.8) is 0 Å². The van der Waals surface area contributed by atoms with Crippen molar-refractivity contribution in [3.05, 3.63) is 35.5 Å². The lowest BCUT2D eigenvalue weighted by atomic mass is 10.4. The van der Waals surface area contributed by atoms with Gasteiger partial charge in [0, 0.05) is 10.7 Å². The van der Waals surface area contributed by atoms with Crippen LogP contribution in [-0.2, 0) is 4.79 Å². The number of pyridine rings is 1. The highest BCUT2D eigenvalue weighted by atomic mass is 79.9. The van der Waals surface area contributed by atoms with Crippen LogP contribution in [0.5, 0.6) is 0 Å². The van der Waals surface area contributed by atoms with Crippen LogP contribution in [0.2, 0.25) is 0 Å². The van der Waals surface area contributed by atoms with E-state index < -0.39 is 0 Å². The van der Waals surface area contributed by atoms with Gasteiger partial charge in [-0.15, -0.1) is 0 Å². The summed E-state index contributed by atoms with van der Waals surface area (Å²) in [6, 6.07) is 3.54. The summed E-state index contributed by atoms with van der Waals surface area (Å²) in [4.78, 5) is 31.2. The fourth-order valence-electron chi connectivity index (χ4n) is 1.61. The van der Waals surface area contributed by atoms with E-state index in [9.17, 15) is 4.79 Å². The molecule has 0 saturated carbocycles. The van der Waals surface area contributed by atoms with Crippen LogP contribution in [0.3, 0.4) is 0 Å². The summed E-state index contributed by atoms with van der Waals surface area (Å²) in [6.07, 6.45) is 4.61. The molecule has 3 heterocycles. The van der Waals surface area contributed by atoms with Crippen LogP contribution in [0.15, 0.2) is 40.5 Å². The van der Waals surface area contributed by atoms with Crippen molar-refractivity contribution in [2.24, 2.45) is 0 Å². The molecule has 0 bridgehead atoms. The number of fused-ring (bicyclic) bond motifs is 1. The molecule has 0 unspecified atom stereocenters. The van der Waals surface area contributed by atoms with Gasteiger partial charge in [0.15, 0.2) is 5.65 Å². The summed E-state index contributed by atoms with van der Waals surface area (Å²) in [5.41, 5.74) is 1.32. The molecule has 9 heteroatoms. The number of nitrogens with zero attached hydrogens (tertiary/aromatic N) is 4. The second-order valence-electron chi connectivity index (χ2n) is 3.98. The molecule has 0 aromatic carbocycles. The largest absolute Gasteiger partial charge is 0.341 e. The Morgan fingerprint density at radius 1 is 1.29 bits per heavy atom. The zero-order valence-electron chi connectivity index (χ0n) is 10.6. The summed E-state index contributed by atoms with van der Waals surface area (Å²) in [5.74, 6) is 0.586. The molecule has 0 aliphatic carbocycles. The van der Waals surface area contributed by atoms with Crippen LogP contribution in [-0.4, -0.2) is 36.6 Å². The van der Waals surface area contributed by atoms with E-state index in [1.807, 2.05) is 6.07 Å². The second kappa shape index (κ2) is 6.19. The van der Waals surface area contributed by atoms with Gasteiger partial charge in [-0.2, -0.15) is 0 Å². The third kappa shape index (κ3) is 3.37. The first kappa shape index (κ1) is 14.0. The highest BCUT2D eigenvalue weighted by Crippen LogP contribution is 2.21. The topological polar surface area (TPSA) is 96.5 Å². The van der Waals surface area contributed by atoms with Crippen LogP contribution >= 0.6 is 27.7 Å². The van der Waals surface area contributed by atoms with Crippen molar-refractivity contribution < 1.29 is 4.79 Å². The number of amides is 1. The Bertz CT molecular complexity index is 775. The summed E-state index contributed by atoms with van der Waals surface area (Å²) < 4.78 is 0.859. The Balaban J connectivity index is 1.63. The number of imidazole rings is 1. The lowest BCUT2D eigenvalue weighted by molar-refractivity contribution is -0.113. The van der Waals surface area contributed by atoms with E-state index in [4.69, 9.17) is 0 Å². The van der Waals surface area contributed by atoms with Gasteiger partial charge in [-0.25, -0.2) is 19.9 Å². The van der Waals surface area contributed by atoms with Crippen LogP contribution < -0.4 is 5.32 Å². The first-order valence-corrected chi connectivity index (χ1v) is 7.68. The van der Waals surface area contributed by atoms with Gasteiger partial charge in [0.2, 0.25) is 5.91 Å². The molecular weight excluding hydrogens is 356 g/mol. The quantitative estimate of drug-likeness (QED) is 0.544. The molecule has 0 atom stereocenters. The number of H-pyrrole nitrogens is 1. The highest BCUT2D eigenvalue weighted by molar-refractivity contribution is 9.10. The van der Waals surface area contributed by atoms with E-state index in [0.29, 0.717) is 16.5 Å². The monoisotopic (exact) mass is 364 g/mol. The van der Waals surface area contributed by atoms with Crippen LogP contribution in [0.25, 0.3) is 11.2 Å². The molecular formula is C12H9BrN6OS. The number of nitrogens with one attached hydrogen (secondary N) is 2. The third-order valence-electron chi connectivity index (χ3n) is 2.52. The molecule has 0 spiro atoms. The average molecular weight is 365 g/mol. The molecule has 1 amide bonds. The van der Waals surface area contributed by atoms with Crippen molar-refractivity contribution in [2.45, 2.75) is 5.03 Å². The molecule has 21 heavy (non-hydrogen) atoms. The minimum absolute atomic E-state index is 0.152. The molecule has 0 aliphatic heterocycles. The molecule has 3 aromatic heterocycles. The standard InChI is InChI=1S/C12H9BrN6OS/c13-7-1-2-8(14-3-7)19-9(20)4-21-12-10-11(16-5-15-10)17-6-18-12/h1-3,5-6H,4H2,(H,14,19,20)(H,15,16,17,18). The van der Waals surface area contributed by atoms with Gasteiger partial charge in [-0.3, -0.25) is 4.79 Å². The number of rotatable bonds is 4. The molecule has 7 nitrogen and oxygen atoms in total. The first-order valence-electron chi connectivity index (χ1n) is 5.90. The zero-order chi connectivity index (χ0) is 14.7. The fraction of sp³-hybridized carbons (Fsp3) is 0.0833. The number of thioether (sulfide) groups is 1. The normalized spacial score (nSPS) is 10.7. The number of hydrogen-bond donors (Lipinski definition) is 2. The lowest BCUT2D eigenvalue weighted by Gasteiger charge is -2.04. The van der Waals surface area contributed by atoms with E-state index >= 15 is 0 Å². The van der Waals surface area contributed by atoms with Crippen molar-refractivity contribution in [1.29, 1.82) is 0 Å².